The van der Waals surface area contributed by atoms with Gasteiger partial charge in [-0.1, -0.05) is 62.8 Å². The summed E-state index contributed by atoms with van der Waals surface area (Å²) < 4.78 is 8.20. The molecule has 26 heavy (non-hydrogen) atoms. The van der Waals surface area contributed by atoms with Crippen molar-refractivity contribution in [3.05, 3.63) is 61.9 Å². The molecule has 0 aromatic heterocycles. The van der Waals surface area contributed by atoms with Gasteiger partial charge in [-0.15, -0.1) is 0 Å². The minimum atomic E-state index is -0.122. The Kier molecular flexibility index (Phi) is 6.55. The highest BCUT2D eigenvalue weighted by atomic mass is 79.9. The predicted octanol–water partition coefficient (Wildman–Crippen LogP) is 6.41. The lowest BCUT2D eigenvalue weighted by Gasteiger charge is -2.14. The van der Waals surface area contributed by atoms with E-state index in [1.54, 1.807) is 4.90 Å². The van der Waals surface area contributed by atoms with Crippen LogP contribution in [-0.2, 0) is 4.79 Å². The number of thioether (sulfide) groups is 1. The van der Waals surface area contributed by atoms with Crippen molar-refractivity contribution in [1.29, 1.82) is 0 Å². The molecule has 0 atom stereocenters. The molecule has 7 heteroatoms. The Bertz CT molecular complexity index is 882. The fraction of sp³-hybridized carbons (Fsp3) is 0.158. The smallest absolute Gasteiger partial charge is 0.270 e. The maximum atomic E-state index is 12.9. The van der Waals surface area contributed by atoms with Crippen molar-refractivity contribution in [2.24, 2.45) is 0 Å². The molecule has 2 aromatic rings. The molecule has 0 radical (unpaired) electrons. The van der Waals surface area contributed by atoms with Gasteiger partial charge in [0.1, 0.15) is 5.75 Å². The largest absolute Gasteiger partial charge is 0.493 e. The number of hydrogen-bond donors (Lipinski definition) is 0. The Labute approximate surface area is 179 Å². The summed E-state index contributed by atoms with van der Waals surface area (Å²) in [5.41, 5.74) is 1.61. The Morgan fingerprint density at radius 1 is 1.15 bits per heavy atom. The third-order valence-electron chi connectivity index (χ3n) is 3.60. The summed E-state index contributed by atoms with van der Waals surface area (Å²) in [7, 11) is 0. The quantitative estimate of drug-likeness (QED) is 0.342. The SMILES string of the molecule is CCCOc1ccc(Br)cc1/C=C1/SC(=S)N(c2ccc(Br)cc2)C1=O. The number of ether oxygens (including phenoxy) is 1. The lowest BCUT2D eigenvalue weighted by Crippen LogP contribution is -2.27. The van der Waals surface area contributed by atoms with Gasteiger partial charge in [-0.05, 0) is 55.0 Å². The second-order valence-electron chi connectivity index (χ2n) is 5.52. The second-order valence-corrected chi connectivity index (χ2v) is 9.03. The van der Waals surface area contributed by atoms with Crippen LogP contribution in [-0.4, -0.2) is 16.8 Å². The first kappa shape index (κ1) is 19.6. The average Bonchev–Trinajstić information content (AvgIpc) is 2.89. The van der Waals surface area contributed by atoms with E-state index >= 15 is 0 Å². The van der Waals surface area contributed by atoms with Crippen LogP contribution in [0, 0.1) is 0 Å². The maximum Gasteiger partial charge on any atom is 0.270 e. The zero-order valence-electron chi connectivity index (χ0n) is 13.9. The summed E-state index contributed by atoms with van der Waals surface area (Å²) in [6.45, 7) is 2.68. The van der Waals surface area contributed by atoms with E-state index in [1.807, 2.05) is 48.5 Å². The minimum absolute atomic E-state index is 0.122. The lowest BCUT2D eigenvalue weighted by molar-refractivity contribution is -0.113. The van der Waals surface area contributed by atoms with Crippen molar-refractivity contribution in [3.63, 3.8) is 0 Å². The molecule has 1 aliphatic rings. The van der Waals surface area contributed by atoms with Gasteiger partial charge in [0, 0.05) is 14.5 Å². The Hall–Kier alpha value is -1.15. The lowest BCUT2D eigenvalue weighted by atomic mass is 10.2. The topological polar surface area (TPSA) is 29.5 Å². The van der Waals surface area contributed by atoms with Gasteiger partial charge in [-0.3, -0.25) is 9.69 Å². The Balaban J connectivity index is 1.93. The predicted molar refractivity (Wildman–Crippen MR) is 120 cm³/mol. The highest BCUT2D eigenvalue weighted by Crippen LogP contribution is 2.38. The molecule has 0 N–H and O–H groups in total. The fourth-order valence-electron chi connectivity index (χ4n) is 2.40. The van der Waals surface area contributed by atoms with Gasteiger partial charge in [-0.25, -0.2) is 0 Å². The van der Waals surface area contributed by atoms with Crippen LogP contribution in [0.25, 0.3) is 6.08 Å². The number of hydrogen-bond acceptors (Lipinski definition) is 4. The summed E-state index contributed by atoms with van der Waals surface area (Å²) in [4.78, 5) is 15.0. The van der Waals surface area contributed by atoms with E-state index in [1.165, 1.54) is 11.8 Å². The van der Waals surface area contributed by atoms with E-state index in [4.69, 9.17) is 17.0 Å². The summed E-state index contributed by atoms with van der Waals surface area (Å²) in [6.07, 6.45) is 2.76. The first-order chi connectivity index (χ1) is 12.5. The van der Waals surface area contributed by atoms with Gasteiger partial charge in [-0.2, -0.15) is 0 Å². The van der Waals surface area contributed by atoms with Crippen molar-refractivity contribution >= 4 is 77.8 Å². The molecule has 1 saturated heterocycles. The van der Waals surface area contributed by atoms with Crippen molar-refractivity contribution in [3.8, 4) is 5.75 Å². The van der Waals surface area contributed by atoms with E-state index in [2.05, 4.69) is 38.8 Å². The Morgan fingerprint density at radius 2 is 1.85 bits per heavy atom. The van der Waals surface area contributed by atoms with Gasteiger partial charge < -0.3 is 4.74 Å². The maximum absolute atomic E-state index is 12.9. The first-order valence-electron chi connectivity index (χ1n) is 7.95. The molecule has 0 saturated carbocycles. The van der Waals surface area contributed by atoms with Crippen LogP contribution in [0.4, 0.5) is 5.69 Å². The van der Waals surface area contributed by atoms with Gasteiger partial charge >= 0.3 is 0 Å². The molecule has 0 aliphatic carbocycles. The third-order valence-corrected chi connectivity index (χ3v) is 5.92. The Morgan fingerprint density at radius 3 is 2.54 bits per heavy atom. The van der Waals surface area contributed by atoms with E-state index in [9.17, 15) is 4.79 Å². The molecule has 2 aromatic carbocycles. The van der Waals surface area contributed by atoms with Crippen LogP contribution < -0.4 is 9.64 Å². The van der Waals surface area contributed by atoms with Crippen LogP contribution >= 0.6 is 55.8 Å². The molecule has 0 bridgehead atoms. The van der Waals surface area contributed by atoms with E-state index in [0.717, 1.165) is 32.4 Å². The molecule has 3 nitrogen and oxygen atoms in total. The standard InChI is InChI=1S/C19H15Br2NO2S2/c1-2-9-24-16-8-5-14(21)10-12(16)11-17-18(23)22(19(25)26-17)15-6-3-13(20)4-7-15/h3-8,10-11H,2,9H2,1H3/b17-11+. The van der Waals surface area contributed by atoms with Crippen LogP contribution in [0.2, 0.25) is 0 Å². The number of rotatable bonds is 5. The van der Waals surface area contributed by atoms with Crippen LogP contribution in [0.5, 0.6) is 5.75 Å². The van der Waals surface area contributed by atoms with Gasteiger partial charge in [0.2, 0.25) is 0 Å². The number of carbonyl (C=O) groups is 1. The minimum Gasteiger partial charge on any atom is -0.493 e. The zero-order valence-corrected chi connectivity index (χ0v) is 18.7. The number of halogens is 2. The number of nitrogens with zero attached hydrogens (tertiary/aromatic N) is 1. The summed E-state index contributed by atoms with van der Waals surface area (Å²) in [6, 6.07) is 13.3. The molecule has 0 spiro atoms. The highest BCUT2D eigenvalue weighted by molar-refractivity contribution is 9.10. The molecule has 0 unspecified atom stereocenters. The molecular formula is C19H15Br2NO2S2. The summed E-state index contributed by atoms with van der Waals surface area (Å²) in [5.74, 6) is 0.632. The molecule has 1 amide bonds. The molecule has 134 valence electrons. The van der Waals surface area contributed by atoms with Crippen molar-refractivity contribution in [2.45, 2.75) is 13.3 Å². The van der Waals surface area contributed by atoms with E-state index in [0.29, 0.717) is 15.8 Å². The second kappa shape index (κ2) is 8.69. The molecule has 1 fully saturated rings. The van der Waals surface area contributed by atoms with Gasteiger partial charge in [0.25, 0.3) is 5.91 Å². The van der Waals surface area contributed by atoms with Crippen molar-refractivity contribution in [2.75, 3.05) is 11.5 Å². The number of amides is 1. The number of carbonyl (C=O) groups excluding carboxylic acids is 1. The van der Waals surface area contributed by atoms with Gasteiger partial charge in [0.15, 0.2) is 4.32 Å². The monoisotopic (exact) mass is 511 g/mol. The number of anilines is 1. The first-order valence-corrected chi connectivity index (χ1v) is 10.8. The average molecular weight is 513 g/mol. The van der Waals surface area contributed by atoms with Crippen LogP contribution in [0.3, 0.4) is 0 Å². The third kappa shape index (κ3) is 4.39. The highest BCUT2D eigenvalue weighted by Gasteiger charge is 2.33. The normalized spacial score (nSPS) is 15.8. The van der Waals surface area contributed by atoms with E-state index in [-0.39, 0.29) is 5.91 Å². The van der Waals surface area contributed by atoms with E-state index < -0.39 is 0 Å². The van der Waals surface area contributed by atoms with Crippen molar-refractivity contribution < 1.29 is 9.53 Å². The molecule has 1 heterocycles. The van der Waals surface area contributed by atoms with Gasteiger partial charge in [0.05, 0.1) is 17.2 Å². The molecule has 1 aliphatic heterocycles. The fourth-order valence-corrected chi connectivity index (χ4v) is 4.33. The number of thiocarbonyl (C=S) groups is 1. The van der Waals surface area contributed by atoms with Crippen LogP contribution in [0.15, 0.2) is 56.3 Å². The number of benzene rings is 2. The van der Waals surface area contributed by atoms with Crippen molar-refractivity contribution in [1.82, 2.24) is 0 Å². The molecular weight excluding hydrogens is 498 g/mol. The van der Waals surface area contributed by atoms with Crippen LogP contribution in [0.1, 0.15) is 18.9 Å². The zero-order chi connectivity index (χ0) is 18.7. The molecule has 3 rings (SSSR count). The summed E-state index contributed by atoms with van der Waals surface area (Å²) in [5, 5.41) is 0. The summed E-state index contributed by atoms with van der Waals surface area (Å²) >= 11 is 13.6.